The highest BCUT2D eigenvalue weighted by atomic mass is 32.2. The first-order chi connectivity index (χ1) is 4.66. The van der Waals surface area contributed by atoms with Gasteiger partial charge in [0.2, 0.25) is 0 Å². The van der Waals surface area contributed by atoms with E-state index in [1.54, 1.807) is 0 Å². The first kappa shape index (κ1) is 10.3. The van der Waals surface area contributed by atoms with Crippen LogP contribution in [0.4, 0.5) is 0 Å². The molecular weight excluding hydrogens is 146 g/mol. The van der Waals surface area contributed by atoms with Crippen molar-refractivity contribution in [2.75, 3.05) is 12.4 Å². The predicted octanol–water partition coefficient (Wildman–Crippen LogP) is 0.838. The van der Waals surface area contributed by atoms with Crippen LogP contribution in [-0.2, 0) is 0 Å². The molecule has 0 radical (unpaired) electrons. The number of hydrogen-bond acceptors (Lipinski definition) is 3. The van der Waals surface area contributed by atoms with E-state index < -0.39 is 0 Å². The first-order valence-corrected chi connectivity index (χ1v) is 4.69. The van der Waals surface area contributed by atoms with E-state index in [4.69, 9.17) is 10.8 Å². The van der Waals surface area contributed by atoms with E-state index in [1.807, 2.05) is 11.8 Å². The van der Waals surface area contributed by atoms with Gasteiger partial charge in [0.1, 0.15) is 0 Å². The molecule has 3 N–H and O–H groups in total. The van der Waals surface area contributed by atoms with Gasteiger partial charge < -0.3 is 10.8 Å². The Hall–Kier alpha value is 0.270. The molecule has 0 aliphatic rings. The Kier molecular flexibility index (Phi) is 6.17. The number of rotatable bonds is 5. The molecule has 62 valence electrons. The predicted molar refractivity (Wildman–Crippen MR) is 47.3 cm³/mol. The maximum atomic E-state index is 8.51. The van der Waals surface area contributed by atoms with Crippen LogP contribution in [0.5, 0.6) is 0 Å². The molecule has 2 nitrogen and oxygen atoms in total. The highest BCUT2D eigenvalue weighted by Gasteiger charge is 2.02. The third-order valence-electron chi connectivity index (χ3n) is 1.14. The van der Waals surface area contributed by atoms with E-state index >= 15 is 0 Å². The van der Waals surface area contributed by atoms with E-state index in [0.717, 1.165) is 12.2 Å². The fraction of sp³-hybridized carbons (Fsp3) is 1.00. The van der Waals surface area contributed by atoms with Gasteiger partial charge in [0.05, 0.1) is 0 Å². The van der Waals surface area contributed by atoms with Gasteiger partial charge in [0.25, 0.3) is 0 Å². The summed E-state index contributed by atoms with van der Waals surface area (Å²) < 4.78 is 0. The molecule has 0 rings (SSSR count). The summed E-state index contributed by atoms with van der Waals surface area (Å²) in [5.74, 6) is 0.957. The highest BCUT2D eigenvalue weighted by molar-refractivity contribution is 7.99. The Balaban J connectivity index is 3.12. The summed E-state index contributed by atoms with van der Waals surface area (Å²) in [5.41, 5.74) is 5.65. The van der Waals surface area contributed by atoms with E-state index in [1.165, 1.54) is 0 Å². The fourth-order valence-electron chi connectivity index (χ4n) is 0.565. The van der Waals surface area contributed by atoms with Gasteiger partial charge in [0, 0.05) is 18.4 Å². The zero-order valence-electron chi connectivity index (χ0n) is 6.71. The largest absolute Gasteiger partial charge is 0.396 e. The summed E-state index contributed by atoms with van der Waals surface area (Å²) in [7, 11) is 0. The molecule has 0 spiro atoms. The zero-order valence-corrected chi connectivity index (χ0v) is 7.53. The smallest absolute Gasteiger partial charge is 0.0446 e. The van der Waals surface area contributed by atoms with Crippen molar-refractivity contribution in [2.24, 2.45) is 5.73 Å². The Morgan fingerprint density at radius 2 is 2.10 bits per heavy atom. The van der Waals surface area contributed by atoms with Gasteiger partial charge in [-0.15, -0.1) is 0 Å². The lowest BCUT2D eigenvalue weighted by molar-refractivity contribution is 0.279. The normalized spacial score (nSPS) is 14.1. The van der Waals surface area contributed by atoms with Crippen molar-refractivity contribution in [3.05, 3.63) is 0 Å². The summed E-state index contributed by atoms with van der Waals surface area (Å²) in [6, 6.07) is 0.164. The second kappa shape index (κ2) is 6.01. The minimum atomic E-state index is 0.164. The van der Waals surface area contributed by atoms with Crippen LogP contribution in [0, 0.1) is 0 Å². The monoisotopic (exact) mass is 163 g/mol. The molecule has 0 heterocycles. The van der Waals surface area contributed by atoms with Gasteiger partial charge in [-0.3, -0.25) is 0 Å². The second-order valence-electron chi connectivity index (χ2n) is 2.65. The number of aliphatic hydroxyl groups is 1. The SMILES string of the molecule is CC(C)SCC(N)CCO. The topological polar surface area (TPSA) is 46.2 Å². The average molecular weight is 163 g/mol. The first-order valence-electron chi connectivity index (χ1n) is 3.65. The van der Waals surface area contributed by atoms with Crippen molar-refractivity contribution < 1.29 is 5.11 Å². The molecule has 0 fully saturated rings. The van der Waals surface area contributed by atoms with Crippen molar-refractivity contribution in [3.8, 4) is 0 Å². The number of thioether (sulfide) groups is 1. The van der Waals surface area contributed by atoms with Crippen LogP contribution < -0.4 is 5.73 Å². The molecule has 0 bridgehead atoms. The minimum Gasteiger partial charge on any atom is -0.396 e. The van der Waals surface area contributed by atoms with Crippen molar-refractivity contribution in [3.63, 3.8) is 0 Å². The van der Waals surface area contributed by atoms with Gasteiger partial charge in [0.15, 0.2) is 0 Å². The molecular formula is C7H17NOS. The third kappa shape index (κ3) is 6.39. The quantitative estimate of drug-likeness (QED) is 0.631. The molecule has 0 aromatic rings. The molecule has 1 unspecified atom stereocenters. The van der Waals surface area contributed by atoms with Crippen LogP contribution in [0.15, 0.2) is 0 Å². The Morgan fingerprint density at radius 3 is 2.50 bits per heavy atom. The highest BCUT2D eigenvalue weighted by Crippen LogP contribution is 2.10. The summed E-state index contributed by atoms with van der Waals surface area (Å²) in [5, 5.41) is 9.16. The molecule has 0 amide bonds. The van der Waals surface area contributed by atoms with Crippen LogP contribution in [0.2, 0.25) is 0 Å². The van der Waals surface area contributed by atoms with Gasteiger partial charge >= 0.3 is 0 Å². The third-order valence-corrected chi connectivity index (χ3v) is 2.43. The van der Waals surface area contributed by atoms with Crippen LogP contribution in [-0.4, -0.2) is 28.8 Å². The van der Waals surface area contributed by atoms with Gasteiger partial charge in [-0.2, -0.15) is 11.8 Å². The maximum absolute atomic E-state index is 8.51. The van der Waals surface area contributed by atoms with Crippen molar-refractivity contribution in [1.82, 2.24) is 0 Å². The molecule has 3 heteroatoms. The molecule has 0 aliphatic heterocycles. The van der Waals surface area contributed by atoms with E-state index in [2.05, 4.69) is 13.8 Å². The Bertz CT molecular complexity index is 78.0. The molecule has 10 heavy (non-hydrogen) atoms. The lowest BCUT2D eigenvalue weighted by Gasteiger charge is -2.10. The lowest BCUT2D eigenvalue weighted by atomic mass is 10.3. The van der Waals surface area contributed by atoms with Crippen molar-refractivity contribution in [2.45, 2.75) is 31.6 Å². The molecule has 0 saturated heterocycles. The Morgan fingerprint density at radius 1 is 1.50 bits per heavy atom. The minimum absolute atomic E-state index is 0.164. The van der Waals surface area contributed by atoms with Crippen LogP contribution >= 0.6 is 11.8 Å². The molecule has 0 aliphatic carbocycles. The van der Waals surface area contributed by atoms with E-state index in [0.29, 0.717) is 5.25 Å². The maximum Gasteiger partial charge on any atom is 0.0446 e. The average Bonchev–Trinajstić information content (AvgIpc) is 1.85. The van der Waals surface area contributed by atoms with E-state index in [-0.39, 0.29) is 12.6 Å². The van der Waals surface area contributed by atoms with Crippen LogP contribution in [0.25, 0.3) is 0 Å². The van der Waals surface area contributed by atoms with Gasteiger partial charge in [-0.25, -0.2) is 0 Å². The summed E-state index contributed by atoms with van der Waals surface area (Å²) in [6.45, 7) is 4.51. The fourth-order valence-corrected chi connectivity index (χ4v) is 1.36. The molecule has 0 aromatic carbocycles. The lowest BCUT2D eigenvalue weighted by Crippen LogP contribution is -2.24. The standard InChI is InChI=1S/C7H17NOS/c1-6(2)10-5-7(8)3-4-9/h6-7,9H,3-5,8H2,1-2H3. The summed E-state index contributed by atoms with van der Waals surface area (Å²) in [4.78, 5) is 0. The van der Waals surface area contributed by atoms with Crippen molar-refractivity contribution >= 4 is 11.8 Å². The number of hydrogen-bond donors (Lipinski definition) is 2. The zero-order chi connectivity index (χ0) is 7.98. The molecule has 1 atom stereocenters. The van der Waals surface area contributed by atoms with Crippen LogP contribution in [0.1, 0.15) is 20.3 Å². The summed E-state index contributed by atoms with van der Waals surface area (Å²) >= 11 is 1.84. The van der Waals surface area contributed by atoms with Crippen molar-refractivity contribution in [1.29, 1.82) is 0 Å². The van der Waals surface area contributed by atoms with E-state index in [9.17, 15) is 0 Å². The Labute approximate surface area is 67.2 Å². The van der Waals surface area contributed by atoms with Crippen LogP contribution in [0.3, 0.4) is 0 Å². The number of aliphatic hydroxyl groups excluding tert-OH is 1. The van der Waals surface area contributed by atoms with Gasteiger partial charge in [-0.05, 0) is 11.7 Å². The summed E-state index contributed by atoms with van der Waals surface area (Å²) in [6.07, 6.45) is 0.722. The second-order valence-corrected chi connectivity index (χ2v) is 4.26. The van der Waals surface area contributed by atoms with Gasteiger partial charge in [-0.1, -0.05) is 13.8 Å². The molecule has 0 saturated carbocycles. The number of nitrogens with two attached hydrogens (primary N) is 1. The molecule has 0 aromatic heterocycles.